The Morgan fingerprint density at radius 1 is 1.47 bits per heavy atom. The Balaban J connectivity index is 1.91. The van der Waals surface area contributed by atoms with E-state index in [1.165, 1.54) is 19.5 Å². The van der Waals surface area contributed by atoms with Crippen LogP contribution < -0.4 is 0 Å². The average Bonchev–Trinajstić information content (AvgIpc) is 2.85. The Kier molecular flexibility index (Phi) is 2.59. The molecule has 0 amide bonds. The summed E-state index contributed by atoms with van der Waals surface area (Å²) in [5.41, 5.74) is 2.04. The zero-order chi connectivity index (χ0) is 11.8. The van der Waals surface area contributed by atoms with Gasteiger partial charge in [-0.05, 0) is 45.0 Å². The molecule has 1 atom stereocenters. The number of pyridine rings is 1. The molecule has 1 aliphatic rings. The number of hydrogen-bond donors (Lipinski definition) is 0. The molecule has 0 aliphatic carbocycles. The van der Waals surface area contributed by atoms with E-state index >= 15 is 0 Å². The number of aryl methyl sites for hydroxylation is 1. The summed E-state index contributed by atoms with van der Waals surface area (Å²) in [5.74, 6) is 1.81. The average molecular weight is 230 g/mol. The molecule has 1 fully saturated rings. The molecule has 0 spiro atoms. The number of fused-ring (bicyclic) bond motifs is 1. The van der Waals surface area contributed by atoms with Gasteiger partial charge in [-0.25, -0.2) is 9.97 Å². The van der Waals surface area contributed by atoms with Crippen LogP contribution in [0.2, 0.25) is 0 Å². The van der Waals surface area contributed by atoms with Crippen LogP contribution in [0.3, 0.4) is 0 Å². The van der Waals surface area contributed by atoms with Crippen LogP contribution >= 0.6 is 0 Å². The lowest BCUT2D eigenvalue weighted by molar-refractivity contribution is 0.378. The number of likely N-dealkylation sites (tertiary alicyclic amines) is 1. The van der Waals surface area contributed by atoms with Gasteiger partial charge in [0.05, 0.1) is 0 Å². The van der Waals surface area contributed by atoms with Crippen molar-refractivity contribution in [3.63, 3.8) is 0 Å². The second-order valence-electron chi connectivity index (χ2n) is 5.03. The fourth-order valence-corrected chi connectivity index (χ4v) is 2.72. The van der Waals surface area contributed by atoms with Crippen molar-refractivity contribution in [1.82, 2.24) is 19.4 Å². The first kappa shape index (κ1) is 10.7. The largest absolute Gasteiger partial charge is 0.313 e. The Bertz CT molecular complexity index is 531. The van der Waals surface area contributed by atoms with E-state index in [-0.39, 0.29) is 0 Å². The lowest BCUT2D eigenvalue weighted by Crippen LogP contribution is -2.17. The van der Waals surface area contributed by atoms with Gasteiger partial charge in [0.2, 0.25) is 0 Å². The van der Waals surface area contributed by atoms with Crippen molar-refractivity contribution < 1.29 is 0 Å². The van der Waals surface area contributed by atoms with Gasteiger partial charge in [0.25, 0.3) is 0 Å². The van der Waals surface area contributed by atoms with Crippen LogP contribution in [0.25, 0.3) is 11.2 Å². The van der Waals surface area contributed by atoms with E-state index in [9.17, 15) is 0 Å². The fraction of sp³-hybridized carbons (Fsp3) is 0.538. The third-order valence-electron chi connectivity index (χ3n) is 3.62. The maximum absolute atomic E-state index is 4.56. The van der Waals surface area contributed by atoms with Gasteiger partial charge in [-0.15, -0.1) is 0 Å². The molecule has 0 aromatic carbocycles. The van der Waals surface area contributed by atoms with Crippen LogP contribution in [0.5, 0.6) is 0 Å². The molecule has 1 unspecified atom stereocenters. The summed E-state index contributed by atoms with van der Waals surface area (Å²) in [5, 5.41) is 0. The Labute approximate surface area is 101 Å². The second kappa shape index (κ2) is 4.11. The summed E-state index contributed by atoms with van der Waals surface area (Å²) in [7, 11) is 2.19. The summed E-state index contributed by atoms with van der Waals surface area (Å²) in [6, 6.07) is 3.98. The van der Waals surface area contributed by atoms with Crippen LogP contribution in [-0.4, -0.2) is 39.6 Å². The molecule has 17 heavy (non-hydrogen) atoms. The maximum atomic E-state index is 4.56. The van der Waals surface area contributed by atoms with Crippen molar-refractivity contribution in [2.45, 2.75) is 19.9 Å². The summed E-state index contributed by atoms with van der Waals surface area (Å²) < 4.78 is 2.26. The highest BCUT2D eigenvalue weighted by Crippen LogP contribution is 2.20. The standard InChI is InChI=1S/C13H18N4/c1-10-15-12-4-3-6-14-13(12)17(10)9-11-5-7-16(2)8-11/h3-4,6,11H,5,7-9H2,1-2H3. The first-order valence-corrected chi connectivity index (χ1v) is 6.20. The van der Waals surface area contributed by atoms with Crippen LogP contribution in [0.1, 0.15) is 12.2 Å². The molecule has 2 aromatic heterocycles. The molecular formula is C13H18N4. The fourth-order valence-electron chi connectivity index (χ4n) is 2.72. The molecular weight excluding hydrogens is 212 g/mol. The van der Waals surface area contributed by atoms with Crippen molar-refractivity contribution >= 4 is 11.2 Å². The Morgan fingerprint density at radius 2 is 2.35 bits per heavy atom. The number of nitrogens with zero attached hydrogens (tertiary/aromatic N) is 4. The maximum Gasteiger partial charge on any atom is 0.159 e. The van der Waals surface area contributed by atoms with Crippen LogP contribution in [0.4, 0.5) is 0 Å². The van der Waals surface area contributed by atoms with Crippen molar-refractivity contribution in [1.29, 1.82) is 0 Å². The zero-order valence-corrected chi connectivity index (χ0v) is 10.4. The molecule has 0 bridgehead atoms. The molecule has 0 N–H and O–H groups in total. The van der Waals surface area contributed by atoms with Crippen molar-refractivity contribution in [3.8, 4) is 0 Å². The third kappa shape index (κ3) is 1.93. The molecule has 0 radical (unpaired) electrons. The van der Waals surface area contributed by atoms with Gasteiger partial charge in [-0.1, -0.05) is 0 Å². The number of hydrogen-bond acceptors (Lipinski definition) is 3. The smallest absolute Gasteiger partial charge is 0.159 e. The van der Waals surface area contributed by atoms with Crippen molar-refractivity contribution in [3.05, 3.63) is 24.2 Å². The predicted molar refractivity (Wildman–Crippen MR) is 67.9 cm³/mol. The highest BCUT2D eigenvalue weighted by Gasteiger charge is 2.21. The van der Waals surface area contributed by atoms with Crippen molar-refractivity contribution in [2.24, 2.45) is 5.92 Å². The molecule has 1 saturated heterocycles. The normalized spacial score (nSPS) is 21.4. The highest BCUT2D eigenvalue weighted by molar-refractivity contribution is 5.71. The number of imidazole rings is 1. The van der Waals surface area contributed by atoms with E-state index in [0.29, 0.717) is 0 Å². The van der Waals surface area contributed by atoms with E-state index < -0.39 is 0 Å². The second-order valence-corrected chi connectivity index (χ2v) is 5.03. The van der Waals surface area contributed by atoms with E-state index in [1.807, 2.05) is 18.3 Å². The third-order valence-corrected chi connectivity index (χ3v) is 3.62. The van der Waals surface area contributed by atoms with Gasteiger partial charge in [0.15, 0.2) is 5.65 Å². The number of rotatable bonds is 2. The summed E-state index contributed by atoms with van der Waals surface area (Å²) in [6.07, 6.45) is 3.13. The first-order valence-electron chi connectivity index (χ1n) is 6.20. The van der Waals surface area contributed by atoms with Gasteiger partial charge in [0, 0.05) is 19.3 Å². The van der Waals surface area contributed by atoms with Gasteiger partial charge in [-0.2, -0.15) is 0 Å². The van der Waals surface area contributed by atoms with Gasteiger partial charge in [-0.3, -0.25) is 0 Å². The van der Waals surface area contributed by atoms with Crippen molar-refractivity contribution in [2.75, 3.05) is 20.1 Å². The molecule has 0 saturated carbocycles. The minimum atomic E-state index is 0.734. The monoisotopic (exact) mass is 230 g/mol. The van der Waals surface area contributed by atoms with Gasteiger partial charge >= 0.3 is 0 Å². The molecule has 3 rings (SSSR count). The zero-order valence-electron chi connectivity index (χ0n) is 10.4. The van der Waals surface area contributed by atoms with Crippen LogP contribution in [0, 0.1) is 12.8 Å². The van der Waals surface area contributed by atoms with Crippen LogP contribution in [0.15, 0.2) is 18.3 Å². The Hall–Kier alpha value is -1.42. The molecule has 90 valence electrons. The lowest BCUT2D eigenvalue weighted by atomic mass is 10.1. The van der Waals surface area contributed by atoms with Gasteiger partial charge in [0.1, 0.15) is 11.3 Å². The van der Waals surface area contributed by atoms with E-state index in [1.54, 1.807) is 0 Å². The Morgan fingerprint density at radius 3 is 3.12 bits per heavy atom. The van der Waals surface area contributed by atoms with E-state index in [0.717, 1.165) is 29.5 Å². The molecule has 3 heterocycles. The minimum Gasteiger partial charge on any atom is -0.313 e. The van der Waals surface area contributed by atoms with E-state index in [4.69, 9.17) is 0 Å². The quantitative estimate of drug-likeness (QED) is 0.787. The minimum absolute atomic E-state index is 0.734. The molecule has 4 nitrogen and oxygen atoms in total. The van der Waals surface area contributed by atoms with E-state index in [2.05, 4.69) is 33.4 Å². The topological polar surface area (TPSA) is 34.0 Å². The summed E-state index contributed by atoms with van der Waals surface area (Å²) in [4.78, 5) is 11.4. The molecule has 4 heteroatoms. The summed E-state index contributed by atoms with van der Waals surface area (Å²) in [6.45, 7) is 5.51. The SMILES string of the molecule is Cc1nc2cccnc2n1CC1CCN(C)C1. The lowest BCUT2D eigenvalue weighted by Gasteiger charge is -2.12. The predicted octanol–water partition coefficient (Wildman–Crippen LogP) is 1.69. The number of aromatic nitrogens is 3. The molecule has 1 aliphatic heterocycles. The highest BCUT2D eigenvalue weighted by atomic mass is 15.2. The summed E-state index contributed by atoms with van der Waals surface area (Å²) >= 11 is 0. The first-order chi connectivity index (χ1) is 8.24. The molecule has 2 aromatic rings. The van der Waals surface area contributed by atoms with Crippen LogP contribution in [-0.2, 0) is 6.54 Å². The van der Waals surface area contributed by atoms with Gasteiger partial charge < -0.3 is 9.47 Å².